The topological polar surface area (TPSA) is 84.5 Å². The smallest absolute Gasteiger partial charge is 0.292 e. The van der Waals surface area contributed by atoms with Crippen molar-refractivity contribution in [2.75, 3.05) is 33.2 Å². The highest BCUT2D eigenvalue weighted by atomic mass is 19.1. The van der Waals surface area contributed by atoms with E-state index in [1.54, 1.807) is 17.0 Å². The van der Waals surface area contributed by atoms with Gasteiger partial charge in [-0.15, -0.1) is 0 Å². The first-order chi connectivity index (χ1) is 17.4. The summed E-state index contributed by atoms with van der Waals surface area (Å²) < 4.78 is 33.8. The molecule has 184 valence electrons. The van der Waals surface area contributed by atoms with Crippen LogP contribution in [0, 0.1) is 11.6 Å². The van der Waals surface area contributed by atoms with E-state index < -0.39 is 11.6 Å². The minimum absolute atomic E-state index is 0.128. The lowest BCUT2D eigenvalue weighted by Gasteiger charge is -2.31. The van der Waals surface area contributed by atoms with Crippen molar-refractivity contribution in [3.63, 3.8) is 0 Å². The quantitative estimate of drug-likeness (QED) is 0.426. The van der Waals surface area contributed by atoms with Gasteiger partial charge < -0.3 is 14.3 Å². The number of hydrogen-bond donors (Lipinski definition) is 0. The largest absolute Gasteiger partial charge is 0.350 e. The fourth-order valence-corrected chi connectivity index (χ4v) is 4.10. The summed E-state index contributed by atoms with van der Waals surface area (Å²) in [4.78, 5) is 29.1. The van der Waals surface area contributed by atoms with Gasteiger partial charge in [-0.2, -0.15) is 5.10 Å². The number of aromatic nitrogens is 3. The standard InChI is InChI=1S/C26H23F2N5O3/c1-31-7-9-32(10-8-31)26(35)24-15-23(30-36-24)18-4-2-3-17(11-18)16-33-25(34)6-5-22(29-33)19-12-20(27)14-21(28)13-19/h2-6,11-15H,7-10,16H2,1H3. The molecule has 0 radical (unpaired) electrons. The van der Waals surface area contributed by atoms with Crippen LogP contribution in [-0.4, -0.2) is 63.9 Å². The van der Waals surface area contributed by atoms with Crippen molar-refractivity contribution < 1.29 is 18.1 Å². The second kappa shape index (κ2) is 9.82. The third-order valence-electron chi connectivity index (χ3n) is 6.09. The molecule has 2 aromatic carbocycles. The second-order valence-corrected chi connectivity index (χ2v) is 8.74. The zero-order valence-electron chi connectivity index (χ0n) is 19.5. The molecule has 1 aliphatic heterocycles. The number of halogens is 2. The molecule has 1 amide bonds. The summed E-state index contributed by atoms with van der Waals surface area (Å²) in [6, 6.07) is 14.7. The molecule has 36 heavy (non-hydrogen) atoms. The van der Waals surface area contributed by atoms with Crippen LogP contribution in [0.15, 0.2) is 70.0 Å². The maximum absolute atomic E-state index is 13.6. The Morgan fingerprint density at radius 1 is 0.917 bits per heavy atom. The second-order valence-electron chi connectivity index (χ2n) is 8.74. The highest BCUT2D eigenvalue weighted by Gasteiger charge is 2.24. The lowest BCUT2D eigenvalue weighted by Crippen LogP contribution is -2.47. The van der Waals surface area contributed by atoms with Gasteiger partial charge in [0.2, 0.25) is 5.76 Å². The van der Waals surface area contributed by atoms with E-state index in [0.717, 1.165) is 36.9 Å². The Morgan fingerprint density at radius 3 is 2.42 bits per heavy atom. The van der Waals surface area contributed by atoms with Gasteiger partial charge in [-0.1, -0.05) is 23.4 Å². The fourth-order valence-electron chi connectivity index (χ4n) is 4.10. The van der Waals surface area contributed by atoms with Gasteiger partial charge in [-0.3, -0.25) is 9.59 Å². The van der Waals surface area contributed by atoms with Gasteiger partial charge in [0.05, 0.1) is 12.2 Å². The van der Waals surface area contributed by atoms with Gasteiger partial charge in [0, 0.05) is 55.5 Å². The zero-order chi connectivity index (χ0) is 25.2. The maximum Gasteiger partial charge on any atom is 0.292 e. The van der Waals surface area contributed by atoms with E-state index in [9.17, 15) is 18.4 Å². The molecule has 3 heterocycles. The van der Waals surface area contributed by atoms with Crippen molar-refractivity contribution in [3.8, 4) is 22.5 Å². The summed E-state index contributed by atoms with van der Waals surface area (Å²) in [5.41, 5.74) is 2.11. The number of nitrogens with zero attached hydrogens (tertiary/aromatic N) is 5. The Hall–Kier alpha value is -4.18. The van der Waals surface area contributed by atoms with Crippen LogP contribution in [0.1, 0.15) is 16.1 Å². The van der Waals surface area contributed by atoms with Gasteiger partial charge in [0.1, 0.15) is 17.3 Å². The molecule has 0 unspecified atom stereocenters. The summed E-state index contributed by atoms with van der Waals surface area (Å²) in [6.07, 6.45) is 0. The van der Waals surface area contributed by atoms with Gasteiger partial charge in [-0.05, 0) is 36.9 Å². The first-order valence-corrected chi connectivity index (χ1v) is 11.4. The molecule has 0 saturated carbocycles. The molecule has 1 aliphatic rings. The molecule has 10 heteroatoms. The molecule has 1 fully saturated rings. The number of carbonyl (C=O) groups excluding carboxylic acids is 1. The Balaban J connectivity index is 1.36. The van der Waals surface area contributed by atoms with E-state index in [0.29, 0.717) is 24.3 Å². The summed E-state index contributed by atoms with van der Waals surface area (Å²) in [6.45, 7) is 2.99. The SMILES string of the molecule is CN1CCN(C(=O)c2cc(-c3cccc(Cn4nc(-c5cc(F)cc(F)c5)ccc4=O)c3)no2)CC1. The molecule has 0 aliphatic carbocycles. The number of amides is 1. The fraction of sp³-hybridized carbons (Fsp3) is 0.231. The lowest BCUT2D eigenvalue weighted by molar-refractivity contribution is 0.0623. The number of rotatable bonds is 5. The number of benzene rings is 2. The molecule has 1 saturated heterocycles. The predicted octanol–water partition coefficient (Wildman–Crippen LogP) is 3.28. The maximum atomic E-state index is 13.6. The highest BCUT2D eigenvalue weighted by molar-refractivity contribution is 5.92. The van der Waals surface area contributed by atoms with Gasteiger partial charge in [0.25, 0.3) is 11.5 Å². The average molecular weight is 491 g/mol. The first-order valence-electron chi connectivity index (χ1n) is 11.4. The van der Waals surface area contributed by atoms with Gasteiger partial charge >= 0.3 is 0 Å². The molecule has 8 nitrogen and oxygen atoms in total. The number of hydrogen-bond acceptors (Lipinski definition) is 6. The summed E-state index contributed by atoms with van der Waals surface area (Å²) in [5.74, 6) is -1.47. The molecule has 4 aromatic rings. The highest BCUT2D eigenvalue weighted by Crippen LogP contribution is 2.22. The normalized spacial score (nSPS) is 14.2. The predicted molar refractivity (Wildman–Crippen MR) is 128 cm³/mol. The summed E-state index contributed by atoms with van der Waals surface area (Å²) >= 11 is 0. The molecule has 0 N–H and O–H groups in total. The molecular formula is C26H23F2N5O3. The van der Waals surface area contributed by atoms with E-state index in [4.69, 9.17) is 4.52 Å². The average Bonchev–Trinajstić information content (AvgIpc) is 3.35. The third kappa shape index (κ3) is 5.08. The van der Waals surface area contributed by atoms with Crippen LogP contribution in [0.3, 0.4) is 0 Å². The molecule has 2 aromatic heterocycles. The van der Waals surface area contributed by atoms with E-state index in [2.05, 4.69) is 15.2 Å². The first kappa shape index (κ1) is 23.6. The van der Waals surface area contributed by atoms with Gasteiger partial charge in [-0.25, -0.2) is 13.5 Å². The van der Waals surface area contributed by atoms with E-state index >= 15 is 0 Å². The van der Waals surface area contributed by atoms with Crippen LogP contribution < -0.4 is 5.56 Å². The van der Waals surface area contributed by atoms with Crippen LogP contribution in [0.5, 0.6) is 0 Å². The number of carbonyl (C=O) groups is 1. The Morgan fingerprint density at radius 2 is 1.67 bits per heavy atom. The minimum Gasteiger partial charge on any atom is -0.350 e. The van der Waals surface area contributed by atoms with Crippen LogP contribution in [0.2, 0.25) is 0 Å². The summed E-state index contributed by atoms with van der Waals surface area (Å²) in [7, 11) is 2.02. The van der Waals surface area contributed by atoms with Crippen LogP contribution >= 0.6 is 0 Å². The van der Waals surface area contributed by atoms with Gasteiger partial charge in [0.15, 0.2) is 0 Å². The van der Waals surface area contributed by atoms with Crippen molar-refractivity contribution in [2.24, 2.45) is 0 Å². The zero-order valence-corrected chi connectivity index (χ0v) is 19.5. The summed E-state index contributed by atoms with van der Waals surface area (Å²) in [5, 5.41) is 8.36. The third-order valence-corrected chi connectivity index (χ3v) is 6.09. The van der Waals surface area contributed by atoms with Crippen molar-refractivity contribution in [1.82, 2.24) is 24.7 Å². The van der Waals surface area contributed by atoms with Crippen molar-refractivity contribution >= 4 is 5.91 Å². The molecular weight excluding hydrogens is 468 g/mol. The van der Waals surface area contributed by atoms with Crippen molar-refractivity contribution in [1.29, 1.82) is 0 Å². The molecule has 0 bridgehead atoms. The van der Waals surface area contributed by atoms with E-state index in [-0.39, 0.29) is 35.0 Å². The van der Waals surface area contributed by atoms with E-state index in [1.807, 2.05) is 25.2 Å². The number of piperazine rings is 1. The Kier molecular flexibility index (Phi) is 6.43. The minimum atomic E-state index is -0.727. The van der Waals surface area contributed by atoms with Crippen LogP contribution in [-0.2, 0) is 6.54 Å². The lowest BCUT2D eigenvalue weighted by atomic mass is 10.1. The van der Waals surface area contributed by atoms with Crippen molar-refractivity contribution in [2.45, 2.75) is 6.54 Å². The number of likely N-dealkylation sites (N-methyl/N-ethyl adjacent to an activating group) is 1. The van der Waals surface area contributed by atoms with Crippen LogP contribution in [0.4, 0.5) is 8.78 Å². The molecule has 0 atom stereocenters. The molecule has 0 spiro atoms. The Bertz CT molecular complexity index is 1450. The Labute approximate surface area is 205 Å². The monoisotopic (exact) mass is 491 g/mol. The van der Waals surface area contributed by atoms with E-state index in [1.165, 1.54) is 16.8 Å². The molecule has 5 rings (SSSR count). The van der Waals surface area contributed by atoms with Crippen LogP contribution in [0.25, 0.3) is 22.5 Å². The van der Waals surface area contributed by atoms with Crippen molar-refractivity contribution in [3.05, 3.63) is 94.0 Å².